The fourth-order valence-electron chi connectivity index (χ4n) is 2.26. The first-order valence-electron chi connectivity index (χ1n) is 6.77. The Morgan fingerprint density at radius 1 is 1.29 bits per heavy atom. The van der Waals surface area contributed by atoms with Gasteiger partial charge >= 0.3 is 0 Å². The van der Waals surface area contributed by atoms with Gasteiger partial charge in [0.25, 0.3) is 0 Å². The first-order valence-corrected chi connectivity index (χ1v) is 6.77. The van der Waals surface area contributed by atoms with Crippen molar-refractivity contribution in [2.75, 3.05) is 6.54 Å². The molecule has 1 aliphatic carbocycles. The van der Waals surface area contributed by atoms with Gasteiger partial charge < -0.3 is 10.4 Å². The van der Waals surface area contributed by atoms with Crippen LogP contribution >= 0.6 is 0 Å². The molecule has 2 atom stereocenters. The number of aliphatic hydroxyl groups is 1. The van der Waals surface area contributed by atoms with Crippen molar-refractivity contribution in [2.45, 2.75) is 44.8 Å². The van der Waals surface area contributed by atoms with E-state index in [0.29, 0.717) is 6.04 Å². The van der Waals surface area contributed by atoms with E-state index in [9.17, 15) is 5.11 Å². The Balaban J connectivity index is 1.86. The van der Waals surface area contributed by atoms with Gasteiger partial charge in [-0.15, -0.1) is 0 Å². The third kappa shape index (κ3) is 3.83. The number of nitrogens with one attached hydrogen (secondary N) is 1. The van der Waals surface area contributed by atoms with Gasteiger partial charge in [-0.2, -0.15) is 0 Å². The molecule has 2 unspecified atom stereocenters. The van der Waals surface area contributed by atoms with Crippen molar-refractivity contribution < 1.29 is 5.11 Å². The molecule has 0 aliphatic heterocycles. The summed E-state index contributed by atoms with van der Waals surface area (Å²) in [5.41, 5.74) is 1.39. The van der Waals surface area contributed by atoms with Crippen LogP contribution in [0.2, 0.25) is 0 Å². The molecule has 1 saturated carbocycles. The third-order valence-corrected chi connectivity index (χ3v) is 3.57. The molecule has 1 aliphatic rings. The minimum Gasteiger partial charge on any atom is -0.393 e. The topological polar surface area (TPSA) is 32.3 Å². The average molecular weight is 233 g/mol. The highest BCUT2D eigenvalue weighted by Gasteiger charge is 2.31. The Morgan fingerprint density at radius 3 is 2.59 bits per heavy atom. The molecule has 2 rings (SSSR count). The van der Waals surface area contributed by atoms with E-state index in [1.165, 1.54) is 18.4 Å². The Hall–Kier alpha value is -0.860. The van der Waals surface area contributed by atoms with Gasteiger partial charge in [0.2, 0.25) is 0 Å². The van der Waals surface area contributed by atoms with Crippen molar-refractivity contribution in [1.29, 1.82) is 0 Å². The number of hydrogen-bond donors (Lipinski definition) is 2. The lowest BCUT2D eigenvalue weighted by atomic mass is 10.0. The molecule has 0 spiro atoms. The minimum absolute atomic E-state index is 0.155. The second kappa shape index (κ2) is 6.18. The van der Waals surface area contributed by atoms with E-state index < -0.39 is 0 Å². The van der Waals surface area contributed by atoms with Crippen LogP contribution in [0.5, 0.6) is 0 Å². The van der Waals surface area contributed by atoms with Gasteiger partial charge in [-0.25, -0.2) is 0 Å². The van der Waals surface area contributed by atoms with E-state index >= 15 is 0 Å². The zero-order chi connectivity index (χ0) is 12.1. The Bertz CT molecular complexity index is 321. The summed E-state index contributed by atoms with van der Waals surface area (Å²) in [6.45, 7) is 2.94. The van der Waals surface area contributed by atoms with Crippen LogP contribution in [0.3, 0.4) is 0 Å². The van der Waals surface area contributed by atoms with Crippen molar-refractivity contribution in [3.63, 3.8) is 0 Å². The lowest BCUT2D eigenvalue weighted by Crippen LogP contribution is -2.26. The van der Waals surface area contributed by atoms with Crippen LogP contribution in [0, 0.1) is 5.92 Å². The van der Waals surface area contributed by atoms with Crippen LogP contribution in [0.15, 0.2) is 30.3 Å². The van der Waals surface area contributed by atoms with E-state index in [1.54, 1.807) is 0 Å². The first kappa shape index (κ1) is 12.6. The van der Waals surface area contributed by atoms with Crippen LogP contribution in [-0.4, -0.2) is 17.8 Å². The summed E-state index contributed by atoms with van der Waals surface area (Å²) < 4.78 is 0. The Morgan fingerprint density at radius 2 is 2.00 bits per heavy atom. The van der Waals surface area contributed by atoms with Crippen LogP contribution in [0.25, 0.3) is 0 Å². The Labute approximate surface area is 104 Å². The largest absolute Gasteiger partial charge is 0.393 e. The summed E-state index contributed by atoms with van der Waals surface area (Å²) in [5.74, 6) is 0.802. The maximum absolute atomic E-state index is 9.56. The number of hydrogen-bond acceptors (Lipinski definition) is 2. The van der Waals surface area contributed by atoms with E-state index in [-0.39, 0.29) is 6.10 Å². The molecule has 2 nitrogen and oxygen atoms in total. The highest BCUT2D eigenvalue weighted by Crippen LogP contribution is 2.40. The smallest absolute Gasteiger partial charge is 0.0549 e. The van der Waals surface area contributed by atoms with Crippen LogP contribution in [-0.2, 0) is 0 Å². The Kier molecular flexibility index (Phi) is 4.57. The van der Waals surface area contributed by atoms with Crippen molar-refractivity contribution in [2.24, 2.45) is 5.92 Å². The summed E-state index contributed by atoms with van der Waals surface area (Å²) in [4.78, 5) is 0. The predicted molar refractivity (Wildman–Crippen MR) is 70.8 cm³/mol. The van der Waals surface area contributed by atoms with Gasteiger partial charge in [0.1, 0.15) is 0 Å². The van der Waals surface area contributed by atoms with Crippen LogP contribution in [0.4, 0.5) is 0 Å². The molecule has 1 aromatic carbocycles. The van der Waals surface area contributed by atoms with E-state index in [0.717, 1.165) is 25.3 Å². The fraction of sp³-hybridized carbons (Fsp3) is 0.600. The van der Waals surface area contributed by atoms with E-state index in [4.69, 9.17) is 0 Å². The molecule has 2 heteroatoms. The molecule has 0 heterocycles. The van der Waals surface area contributed by atoms with Gasteiger partial charge in [0.05, 0.1) is 6.10 Å². The lowest BCUT2D eigenvalue weighted by Gasteiger charge is -2.19. The summed E-state index contributed by atoms with van der Waals surface area (Å²) in [5, 5.41) is 13.2. The fourth-order valence-corrected chi connectivity index (χ4v) is 2.26. The monoisotopic (exact) mass is 233 g/mol. The maximum Gasteiger partial charge on any atom is 0.0549 e. The number of aliphatic hydroxyl groups excluding tert-OH is 1. The molecule has 0 radical (unpaired) electrons. The summed E-state index contributed by atoms with van der Waals surface area (Å²) in [6, 6.07) is 11.2. The van der Waals surface area contributed by atoms with Crippen LogP contribution in [0.1, 0.15) is 44.2 Å². The van der Waals surface area contributed by atoms with E-state index in [2.05, 4.69) is 35.6 Å². The van der Waals surface area contributed by atoms with Crippen molar-refractivity contribution in [1.82, 2.24) is 5.32 Å². The second-order valence-electron chi connectivity index (χ2n) is 5.03. The molecule has 0 bridgehead atoms. The quantitative estimate of drug-likeness (QED) is 0.759. The van der Waals surface area contributed by atoms with Crippen molar-refractivity contribution in [3.8, 4) is 0 Å². The molecule has 1 aromatic rings. The van der Waals surface area contributed by atoms with Gasteiger partial charge in [-0.1, -0.05) is 37.3 Å². The number of rotatable bonds is 7. The van der Waals surface area contributed by atoms with Crippen LogP contribution < -0.4 is 5.32 Å². The van der Waals surface area contributed by atoms with Gasteiger partial charge in [0, 0.05) is 6.04 Å². The normalized spacial score (nSPS) is 18.9. The summed E-state index contributed by atoms with van der Waals surface area (Å²) >= 11 is 0. The molecule has 17 heavy (non-hydrogen) atoms. The van der Waals surface area contributed by atoms with Crippen molar-refractivity contribution in [3.05, 3.63) is 35.9 Å². The number of benzene rings is 1. The zero-order valence-corrected chi connectivity index (χ0v) is 10.6. The molecule has 94 valence electrons. The zero-order valence-electron chi connectivity index (χ0n) is 10.6. The molecule has 0 amide bonds. The van der Waals surface area contributed by atoms with Crippen molar-refractivity contribution >= 4 is 0 Å². The molecule has 0 aromatic heterocycles. The van der Waals surface area contributed by atoms with Gasteiger partial charge in [0.15, 0.2) is 0 Å². The van der Waals surface area contributed by atoms with Gasteiger partial charge in [-0.3, -0.25) is 0 Å². The standard InChI is InChI=1S/C15H23NO/c1-2-14(17)10-11-16-15(13-8-9-13)12-6-4-3-5-7-12/h3-7,13-17H,2,8-11H2,1H3. The molecular formula is C15H23NO. The lowest BCUT2D eigenvalue weighted by molar-refractivity contribution is 0.158. The molecule has 0 saturated heterocycles. The molecular weight excluding hydrogens is 210 g/mol. The maximum atomic E-state index is 9.56. The second-order valence-corrected chi connectivity index (χ2v) is 5.03. The molecule has 1 fully saturated rings. The summed E-state index contributed by atoms with van der Waals surface area (Å²) in [6.07, 6.45) is 4.22. The minimum atomic E-state index is -0.155. The average Bonchev–Trinajstić information content (AvgIpc) is 3.19. The van der Waals surface area contributed by atoms with E-state index in [1.807, 2.05) is 6.92 Å². The van der Waals surface area contributed by atoms with Gasteiger partial charge in [-0.05, 0) is 43.7 Å². The molecule has 2 N–H and O–H groups in total. The highest BCUT2D eigenvalue weighted by atomic mass is 16.3. The predicted octanol–water partition coefficient (Wildman–Crippen LogP) is 2.89. The first-order chi connectivity index (χ1) is 8.31. The highest BCUT2D eigenvalue weighted by molar-refractivity contribution is 5.21. The SMILES string of the molecule is CCC(O)CCNC(c1ccccc1)C1CC1. The summed E-state index contributed by atoms with van der Waals surface area (Å²) in [7, 11) is 0. The third-order valence-electron chi connectivity index (χ3n) is 3.57.